The van der Waals surface area contributed by atoms with Crippen LogP contribution in [0.2, 0.25) is 0 Å². The number of rotatable bonds is 4. The van der Waals surface area contributed by atoms with Crippen LogP contribution in [0.3, 0.4) is 0 Å². The van der Waals surface area contributed by atoms with Crippen molar-refractivity contribution in [1.29, 1.82) is 0 Å². The number of carboxylic acid groups (broad SMARTS) is 1. The first-order chi connectivity index (χ1) is 6.65. The van der Waals surface area contributed by atoms with E-state index in [9.17, 15) is 4.79 Å². The average molecular weight is 198 g/mol. The highest BCUT2D eigenvalue weighted by Gasteiger charge is 2.16. The van der Waals surface area contributed by atoms with E-state index in [0.29, 0.717) is 5.75 Å². The van der Waals surface area contributed by atoms with Gasteiger partial charge in [-0.2, -0.15) is 0 Å². The van der Waals surface area contributed by atoms with Crippen LogP contribution in [0.25, 0.3) is 0 Å². The molecular formula is C9H10O5. The van der Waals surface area contributed by atoms with Gasteiger partial charge in [-0.05, 0) is 12.1 Å². The molecule has 0 amide bonds. The largest absolute Gasteiger partial charge is 0.493 e. The molecule has 0 fully saturated rings. The van der Waals surface area contributed by atoms with Crippen molar-refractivity contribution in [1.82, 2.24) is 0 Å². The van der Waals surface area contributed by atoms with Crippen LogP contribution in [-0.4, -0.2) is 29.6 Å². The van der Waals surface area contributed by atoms with Gasteiger partial charge in [0.2, 0.25) is 0 Å². The van der Waals surface area contributed by atoms with Crippen molar-refractivity contribution in [2.75, 3.05) is 7.11 Å². The minimum absolute atomic E-state index is 0.185. The van der Waals surface area contributed by atoms with Gasteiger partial charge in [-0.25, -0.2) is 4.79 Å². The molecule has 1 unspecified atom stereocenters. The van der Waals surface area contributed by atoms with Crippen molar-refractivity contribution in [2.24, 2.45) is 0 Å². The van der Waals surface area contributed by atoms with Crippen LogP contribution in [0.1, 0.15) is 0 Å². The fourth-order valence-corrected chi connectivity index (χ4v) is 0.887. The Labute approximate surface area is 80.5 Å². The molecule has 0 aliphatic heterocycles. The summed E-state index contributed by atoms with van der Waals surface area (Å²) >= 11 is 0. The normalized spacial score (nSPS) is 11.9. The molecular weight excluding hydrogens is 188 g/mol. The molecule has 0 heterocycles. The predicted octanol–water partition coefficient (Wildman–Crippen LogP) is 0.477. The van der Waals surface area contributed by atoms with Gasteiger partial charge in [-0.3, -0.25) is 0 Å². The van der Waals surface area contributed by atoms with Crippen LogP contribution in [0.5, 0.6) is 11.5 Å². The molecule has 1 aromatic rings. The number of carboxylic acids is 1. The maximum Gasteiger partial charge on any atom is 0.373 e. The summed E-state index contributed by atoms with van der Waals surface area (Å²) in [7, 11) is 1.43. The quantitative estimate of drug-likeness (QED) is 0.688. The lowest BCUT2D eigenvalue weighted by atomic mass is 10.3. The molecule has 1 atom stereocenters. The molecule has 1 aromatic carbocycles. The Bertz CT molecular complexity index is 323. The number of aliphatic carboxylic acids is 1. The number of hydrogen-bond acceptors (Lipinski definition) is 4. The highest BCUT2D eigenvalue weighted by Crippen LogP contribution is 2.26. The lowest BCUT2D eigenvalue weighted by Crippen LogP contribution is -2.26. The number of hydrogen-bond donors (Lipinski definition) is 2. The lowest BCUT2D eigenvalue weighted by Gasteiger charge is -2.11. The molecule has 76 valence electrons. The van der Waals surface area contributed by atoms with Gasteiger partial charge in [0.15, 0.2) is 11.5 Å². The smallest absolute Gasteiger partial charge is 0.373 e. The molecule has 0 aliphatic carbocycles. The Hall–Kier alpha value is -1.75. The summed E-state index contributed by atoms with van der Waals surface area (Å²) in [6.07, 6.45) is -1.88. The van der Waals surface area contributed by atoms with E-state index in [1.165, 1.54) is 13.2 Å². The second-order valence-electron chi connectivity index (χ2n) is 2.46. The summed E-state index contributed by atoms with van der Waals surface area (Å²) in [5.41, 5.74) is 0. The molecule has 0 spiro atoms. The number of aliphatic hydroxyl groups is 1. The summed E-state index contributed by atoms with van der Waals surface area (Å²) in [6.45, 7) is 0. The van der Waals surface area contributed by atoms with E-state index in [-0.39, 0.29) is 5.75 Å². The molecule has 0 bridgehead atoms. The third kappa shape index (κ3) is 2.37. The standard InChI is InChI=1S/C9H10O5/c1-13-6-4-2-3-5-7(6)14-9(12)8(10)11/h2-5,9,12H,1H3,(H,10,11). The van der Waals surface area contributed by atoms with Gasteiger partial charge in [0.1, 0.15) is 0 Å². The fraction of sp³-hybridized carbons (Fsp3) is 0.222. The van der Waals surface area contributed by atoms with Gasteiger partial charge in [0.25, 0.3) is 6.29 Å². The summed E-state index contributed by atoms with van der Waals surface area (Å²) in [5, 5.41) is 17.3. The van der Waals surface area contributed by atoms with Gasteiger partial charge >= 0.3 is 5.97 Å². The van der Waals surface area contributed by atoms with Gasteiger partial charge in [-0.1, -0.05) is 12.1 Å². The van der Waals surface area contributed by atoms with Gasteiger partial charge in [-0.15, -0.1) is 0 Å². The van der Waals surface area contributed by atoms with Crippen molar-refractivity contribution < 1.29 is 24.5 Å². The van der Waals surface area contributed by atoms with Gasteiger partial charge in [0.05, 0.1) is 7.11 Å². The van der Waals surface area contributed by atoms with Crippen LogP contribution in [-0.2, 0) is 4.79 Å². The zero-order chi connectivity index (χ0) is 10.6. The van der Waals surface area contributed by atoms with Crippen LogP contribution in [0.4, 0.5) is 0 Å². The molecule has 5 heteroatoms. The van der Waals surface area contributed by atoms with E-state index < -0.39 is 12.3 Å². The number of aliphatic hydroxyl groups excluding tert-OH is 1. The maximum absolute atomic E-state index is 10.3. The highest BCUT2D eigenvalue weighted by atomic mass is 16.6. The maximum atomic E-state index is 10.3. The average Bonchev–Trinajstić information content (AvgIpc) is 2.18. The Kier molecular flexibility index (Phi) is 3.30. The third-order valence-electron chi connectivity index (χ3n) is 1.52. The summed E-state index contributed by atoms with van der Waals surface area (Å²) in [5.74, 6) is -0.895. The zero-order valence-electron chi connectivity index (χ0n) is 7.51. The second kappa shape index (κ2) is 4.48. The van der Waals surface area contributed by atoms with Crippen molar-refractivity contribution in [3.8, 4) is 11.5 Å². The molecule has 0 saturated heterocycles. The molecule has 14 heavy (non-hydrogen) atoms. The molecule has 5 nitrogen and oxygen atoms in total. The zero-order valence-corrected chi connectivity index (χ0v) is 7.51. The van der Waals surface area contributed by atoms with Crippen LogP contribution in [0, 0.1) is 0 Å². The topological polar surface area (TPSA) is 76.0 Å². The Balaban J connectivity index is 2.80. The number of benzene rings is 1. The Morgan fingerprint density at radius 1 is 1.36 bits per heavy atom. The van der Waals surface area contributed by atoms with E-state index in [1.807, 2.05) is 0 Å². The highest BCUT2D eigenvalue weighted by molar-refractivity contribution is 5.70. The van der Waals surface area contributed by atoms with Crippen LogP contribution >= 0.6 is 0 Å². The van der Waals surface area contributed by atoms with Crippen molar-refractivity contribution in [2.45, 2.75) is 6.29 Å². The minimum atomic E-state index is -1.88. The Morgan fingerprint density at radius 3 is 2.43 bits per heavy atom. The first-order valence-corrected chi connectivity index (χ1v) is 3.85. The molecule has 0 saturated carbocycles. The molecule has 2 N–H and O–H groups in total. The molecule has 1 rings (SSSR count). The SMILES string of the molecule is COc1ccccc1OC(O)C(=O)O. The lowest BCUT2D eigenvalue weighted by molar-refractivity contribution is -0.162. The van der Waals surface area contributed by atoms with Crippen LogP contribution in [0.15, 0.2) is 24.3 Å². The number of para-hydroxylation sites is 2. The van der Waals surface area contributed by atoms with Crippen LogP contribution < -0.4 is 9.47 Å². The van der Waals surface area contributed by atoms with Gasteiger partial charge < -0.3 is 19.7 Å². The monoisotopic (exact) mass is 198 g/mol. The summed E-state index contributed by atoms with van der Waals surface area (Å²) in [4.78, 5) is 10.3. The van der Waals surface area contributed by atoms with Crippen molar-refractivity contribution in [3.63, 3.8) is 0 Å². The summed E-state index contributed by atoms with van der Waals surface area (Å²) < 4.78 is 9.63. The molecule has 0 aliphatic rings. The molecule has 0 radical (unpaired) electrons. The number of ether oxygens (including phenoxy) is 2. The van der Waals surface area contributed by atoms with E-state index in [1.54, 1.807) is 18.2 Å². The van der Waals surface area contributed by atoms with Gasteiger partial charge in [0, 0.05) is 0 Å². The molecule has 0 aromatic heterocycles. The first kappa shape index (κ1) is 10.3. The van der Waals surface area contributed by atoms with E-state index >= 15 is 0 Å². The fourth-order valence-electron chi connectivity index (χ4n) is 0.887. The minimum Gasteiger partial charge on any atom is -0.493 e. The predicted molar refractivity (Wildman–Crippen MR) is 47.3 cm³/mol. The third-order valence-corrected chi connectivity index (χ3v) is 1.52. The second-order valence-corrected chi connectivity index (χ2v) is 2.46. The van der Waals surface area contributed by atoms with E-state index in [4.69, 9.17) is 19.7 Å². The van der Waals surface area contributed by atoms with E-state index in [2.05, 4.69) is 0 Å². The van der Waals surface area contributed by atoms with Crippen molar-refractivity contribution >= 4 is 5.97 Å². The van der Waals surface area contributed by atoms with E-state index in [0.717, 1.165) is 0 Å². The first-order valence-electron chi connectivity index (χ1n) is 3.85. The number of methoxy groups -OCH3 is 1. The van der Waals surface area contributed by atoms with Crippen molar-refractivity contribution in [3.05, 3.63) is 24.3 Å². The Morgan fingerprint density at radius 2 is 1.93 bits per heavy atom. The summed E-state index contributed by atoms with van der Waals surface area (Å²) in [6, 6.07) is 6.46. The number of carbonyl (C=O) groups is 1.